The SMILES string of the molecule is CC(=O)N[C@H]1[C@H](OC[C@H]2OC(O[C@H]3[C@@H](O)[C@@H](CO)OC(O)[C@@H]3NC(C)=O)[C@H](O)[C@@H](O[C@@H]3O[C@H](CO)[C@@H](O[C@@H]4O[C@H](CO)[C@H](O)[C@H](O)[C@H]4O)[C@H](O)[C@H]3NC(C)=O)[C@H]2O)O[C@H](CO)[C@@H](O[C@@H]2O[C@H](CO)[C@H](O)[C@H](O)[C@H]2O)[C@@H]1O. The van der Waals surface area contributed by atoms with E-state index in [1.54, 1.807) is 0 Å². The van der Waals surface area contributed by atoms with Gasteiger partial charge in [-0.15, -0.1) is 0 Å². The Morgan fingerprint density at radius 2 is 0.684 bits per heavy atom. The van der Waals surface area contributed by atoms with Gasteiger partial charge >= 0.3 is 0 Å². The van der Waals surface area contributed by atoms with E-state index in [9.17, 15) is 101 Å². The van der Waals surface area contributed by atoms with Gasteiger partial charge in [0.1, 0.15) is 146 Å². The summed E-state index contributed by atoms with van der Waals surface area (Å²) in [5.41, 5.74) is 0. The Morgan fingerprint density at radius 3 is 1.13 bits per heavy atom. The number of carbonyl (C=O) groups excluding carboxylic acids is 3. The van der Waals surface area contributed by atoms with Gasteiger partial charge < -0.3 is 155 Å². The van der Waals surface area contributed by atoms with Crippen LogP contribution in [0.2, 0.25) is 0 Å². The maximum absolute atomic E-state index is 12.6. The number of aliphatic hydroxyl groups is 17. The van der Waals surface area contributed by atoms with Gasteiger partial charge in [0.15, 0.2) is 37.7 Å². The zero-order chi connectivity index (χ0) is 56.2. The number of carbonyl (C=O) groups is 3. The Labute approximate surface area is 431 Å². The molecular weight excluding hydrogens is 1040 g/mol. The minimum absolute atomic E-state index is 0.793. The molecule has 0 aliphatic carbocycles. The molecule has 0 aromatic rings. The van der Waals surface area contributed by atoms with Crippen LogP contribution in [0.4, 0.5) is 0 Å². The summed E-state index contributed by atoms with van der Waals surface area (Å²) < 4.78 is 63.3. The molecular formula is C42H71N3O31. The highest BCUT2D eigenvalue weighted by molar-refractivity contribution is 5.74. The molecule has 3 amide bonds. The molecule has 0 aromatic carbocycles. The molecule has 20 N–H and O–H groups in total. The zero-order valence-electron chi connectivity index (χ0n) is 40.9. The van der Waals surface area contributed by atoms with Crippen molar-refractivity contribution < 1.29 is 153 Å². The van der Waals surface area contributed by atoms with Crippen LogP contribution < -0.4 is 16.0 Å². The summed E-state index contributed by atoms with van der Waals surface area (Å²) in [7, 11) is 0. The van der Waals surface area contributed by atoms with Crippen LogP contribution in [-0.2, 0) is 66.5 Å². The highest BCUT2D eigenvalue weighted by Crippen LogP contribution is 2.36. The van der Waals surface area contributed by atoms with Crippen molar-refractivity contribution in [2.24, 2.45) is 0 Å². The van der Waals surface area contributed by atoms with Crippen LogP contribution in [0.3, 0.4) is 0 Å². The highest BCUT2D eigenvalue weighted by Gasteiger charge is 2.57. The maximum atomic E-state index is 12.6. The summed E-state index contributed by atoms with van der Waals surface area (Å²) in [4.78, 5) is 37.5. The zero-order valence-corrected chi connectivity index (χ0v) is 40.9. The molecule has 34 heteroatoms. The minimum Gasteiger partial charge on any atom is -0.394 e. The van der Waals surface area contributed by atoms with Crippen molar-refractivity contribution in [3.8, 4) is 0 Å². The van der Waals surface area contributed by atoms with Crippen LogP contribution in [0.25, 0.3) is 0 Å². The predicted octanol–water partition coefficient (Wildman–Crippen LogP) is -13.7. The van der Waals surface area contributed by atoms with E-state index in [0.717, 1.165) is 20.8 Å². The van der Waals surface area contributed by atoms with E-state index in [0.29, 0.717) is 0 Å². The fourth-order valence-electron chi connectivity index (χ4n) is 9.62. The van der Waals surface area contributed by atoms with E-state index in [1.807, 2.05) is 0 Å². The van der Waals surface area contributed by atoms with Crippen molar-refractivity contribution in [2.45, 2.75) is 205 Å². The molecule has 0 spiro atoms. The minimum atomic E-state index is -2.28. The molecule has 0 aromatic heterocycles. The molecule has 6 aliphatic heterocycles. The smallest absolute Gasteiger partial charge is 0.217 e. The molecule has 30 atom stereocenters. The molecule has 6 rings (SSSR count). The maximum Gasteiger partial charge on any atom is 0.217 e. The molecule has 34 nitrogen and oxygen atoms in total. The van der Waals surface area contributed by atoms with Crippen LogP contribution in [0.1, 0.15) is 20.8 Å². The fourth-order valence-corrected chi connectivity index (χ4v) is 9.62. The Bertz CT molecular complexity index is 1870. The Morgan fingerprint density at radius 1 is 0.342 bits per heavy atom. The fraction of sp³-hybridized carbons (Fsp3) is 0.929. The molecule has 76 heavy (non-hydrogen) atoms. The molecule has 0 bridgehead atoms. The van der Waals surface area contributed by atoms with E-state index in [1.165, 1.54) is 0 Å². The third-order valence-electron chi connectivity index (χ3n) is 13.6. The average Bonchev–Trinajstić information content (AvgIpc) is 3.38. The van der Waals surface area contributed by atoms with Crippen molar-refractivity contribution in [1.82, 2.24) is 16.0 Å². The molecule has 6 fully saturated rings. The first-order valence-corrected chi connectivity index (χ1v) is 24.1. The standard InChI is InChI=1S/C42H71N3O31/c1-10(51)43-19-26(58)33(73-40-30(62)28(60)22(54)13(4-46)68-40)16(7-49)70-38(19)66-9-18-25(57)36(32(64)42(72-18)75-35-21(45-12(3)53)37(65)67-15(6-48)24(35)56)76-39-20(44-11(2)52)27(59)34(17(8-50)71-39)74-41-31(63)29(61)23(55)14(5-47)69-41/h13-42,46-50,54-65H,4-9H2,1-3H3,(H,43,51)(H,44,52)(H,45,53)/t13-,14-,15-,16-,17-,18-,19-,20-,21-,22+,23+,24+,25+,26-,27-,28+,29+,30-,31-,32-,33-,34-,35-,36+,37?,38-,39+,40+,41+,42?/m1/s1. The van der Waals surface area contributed by atoms with E-state index in [4.69, 9.17) is 52.1 Å². The lowest BCUT2D eigenvalue weighted by atomic mass is 9.94. The van der Waals surface area contributed by atoms with Crippen LogP contribution in [0.5, 0.6) is 0 Å². The highest BCUT2D eigenvalue weighted by atomic mass is 16.8. The van der Waals surface area contributed by atoms with E-state index < -0.39 is 241 Å². The molecule has 6 aliphatic rings. The molecule has 0 radical (unpaired) electrons. The van der Waals surface area contributed by atoms with Crippen LogP contribution >= 0.6 is 0 Å². The first-order chi connectivity index (χ1) is 35.9. The summed E-state index contributed by atoms with van der Waals surface area (Å²) in [5, 5.41) is 189. The van der Waals surface area contributed by atoms with Gasteiger partial charge in [0.05, 0.1) is 39.6 Å². The summed E-state index contributed by atoms with van der Waals surface area (Å²) in [5.74, 6) is -2.47. The number of hydrogen-bond acceptors (Lipinski definition) is 31. The molecule has 2 unspecified atom stereocenters. The number of nitrogens with one attached hydrogen (secondary N) is 3. The van der Waals surface area contributed by atoms with E-state index in [-0.39, 0.29) is 0 Å². The molecule has 6 heterocycles. The van der Waals surface area contributed by atoms with Gasteiger partial charge in [-0.25, -0.2) is 0 Å². The number of ether oxygens (including phenoxy) is 11. The lowest BCUT2D eigenvalue weighted by molar-refractivity contribution is -0.380. The van der Waals surface area contributed by atoms with Crippen LogP contribution in [-0.4, -0.2) is 328 Å². The van der Waals surface area contributed by atoms with Crippen LogP contribution in [0.15, 0.2) is 0 Å². The Balaban J connectivity index is 1.30. The van der Waals surface area contributed by atoms with E-state index in [2.05, 4.69) is 16.0 Å². The van der Waals surface area contributed by atoms with Crippen molar-refractivity contribution in [3.63, 3.8) is 0 Å². The number of aliphatic hydroxyl groups excluding tert-OH is 17. The van der Waals surface area contributed by atoms with Gasteiger partial charge in [0, 0.05) is 20.8 Å². The van der Waals surface area contributed by atoms with Crippen LogP contribution in [0, 0.1) is 0 Å². The normalized spacial score (nSPS) is 48.2. The first kappa shape index (κ1) is 62.5. The van der Waals surface area contributed by atoms with Crippen molar-refractivity contribution >= 4 is 17.7 Å². The largest absolute Gasteiger partial charge is 0.394 e. The monoisotopic (exact) mass is 1110 g/mol. The lowest BCUT2D eigenvalue weighted by Gasteiger charge is -2.50. The third-order valence-corrected chi connectivity index (χ3v) is 13.6. The Hall–Kier alpha value is -2.71. The second-order valence-corrected chi connectivity index (χ2v) is 19.0. The van der Waals surface area contributed by atoms with Gasteiger partial charge in [-0.05, 0) is 0 Å². The van der Waals surface area contributed by atoms with Gasteiger partial charge in [0.2, 0.25) is 17.7 Å². The summed E-state index contributed by atoms with van der Waals surface area (Å²) in [6.45, 7) is -2.59. The van der Waals surface area contributed by atoms with Gasteiger partial charge in [0.25, 0.3) is 0 Å². The molecule has 6 saturated heterocycles. The van der Waals surface area contributed by atoms with Crippen molar-refractivity contribution in [2.75, 3.05) is 39.6 Å². The summed E-state index contributed by atoms with van der Waals surface area (Å²) in [6, 6.07) is -5.15. The second-order valence-electron chi connectivity index (χ2n) is 19.0. The third kappa shape index (κ3) is 13.7. The van der Waals surface area contributed by atoms with Gasteiger partial charge in [-0.2, -0.15) is 0 Å². The number of hydrogen-bond donors (Lipinski definition) is 20. The second kappa shape index (κ2) is 27.2. The topological polar surface area (TPSA) is 533 Å². The summed E-state index contributed by atoms with van der Waals surface area (Å²) >= 11 is 0. The summed E-state index contributed by atoms with van der Waals surface area (Å²) in [6.07, 6.45) is -51.0. The molecule has 440 valence electrons. The van der Waals surface area contributed by atoms with Crippen molar-refractivity contribution in [1.29, 1.82) is 0 Å². The van der Waals surface area contributed by atoms with Gasteiger partial charge in [-0.3, -0.25) is 14.4 Å². The molecule has 0 saturated carbocycles. The average molecular weight is 1110 g/mol. The Kier molecular flexibility index (Phi) is 22.3. The predicted molar refractivity (Wildman–Crippen MR) is 234 cm³/mol. The first-order valence-electron chi connectivity index (χ1n) is 24.1. The van der Waals surface area contributed by atoms with Crippen molar-refractivity contribution in [3.05, 3.63) is 0 Å². The lowest BCUT2D eigenvalue weighted by Crippen LogP contribution is -2.70. The van der Waals surface area contributed by atoms with Gasteiger partial charge in [-0.1, -0.05) is 0 Å². The number of amides is 3. The number of rotatable bonds is 19. The quantitative estimate of drug-likeness (QED) is 0.0571. The van der Waals surface area contributed by atoms with E-state index >= 15 is 0 Å².